The summed E-state index contributed by atoms with van der Waals surface area (Å²) in [7, 11) is 0. The van der Waals surface area contributed by atoms with Crippen LogP contribution < -0.4 is 4.74 Å². The van der Waals surface area contributed by atoms with Gasteiger partial charge in [0.25, 0.3) is 0 Å². The molecule has 0 heterocycles. The summed E-state index contributed by atoms with van der Waals surface area (Å²) in [6.07, 6.45) is 6.00. The number of carbonyl (C=O) groups excluding carboxylic acids is 1. The van der Waals surface area contributed by atoms with Crippen molar-refractivity contribution in [1.29, 1.82) is 0 Å². The van der Waals surface area contributed by atoms with E-state index in [0.717, 1.165) is 18.6 Å². The maximum atomic E-state index is 11.4. The molecule has 1 aliphatic rings. The lowest BCUT2D eigenvalue weighted by Crippen LogP contribution is -1.99. The third-order valence-corrected chi connectivity index (χ3v) is 2.97. The molecule has 0 spiro atoms. The molecule has 0 atom stereocenters. The minimum absolute atomic E-state index is 0.366. The molecule has 0 amide bonds. The number of ether oxygens (including phenoxy) is 1. The lowest BCUT2D eigenvalue weighted by atomic mass is 10.1. The lowest BCUT2D eigenvalue weighted by Gasteiger charge is -2.05. The van der Waals surface area contributed by atoms with E-state index >= 15 is 0 Å². The summed E-state index contributed by atoms with van der Waals surface area (Å²) in [5, 5.41) is 0. The van der Waals surface area contributed by atoms with Crippen LogP contribution in [0.15, 0.2) is 24.3 Å². The Morgan fingerprint density at radius 2 is 1.94 bits per heavy atom. The van der Waals surface area contributed by atoms with Gasteiger partial charge < -0.3 is 4.74 Å². The van der Waals surface area contributed by atoms with Crippen LogP contribution in [0.2, 0.25) is 0 Å². The molecule has 1 aromatic carbocycles. The van der Waals surface area contributed by atoms with Crippen molar-refractivity contribution < 1.29 is 9.53 Å². The van der Waals surface area contributed by atoms with Crippen LogP contribution in [0.3, 0.4) is 0 Å². The zero-order chi connectivity index (χ0) is 12.1. The van der Waals surface area contributed by atoms with Crippen LogP contribution >= 0.6 is 0 Å². The zero-order valence-corrected chi connectivity index (χ0v) is 10.4. The van der Waals surface area contributed by atoms with Crippen molar-refractivity contribution in [1.82, 2.24) is 0 Å². The van der Waals surface area contributed by atoms with Gasteiger partial charge in [-0.2, -0.15) is 0 Å². The molecule has 2 rings (SSSR count). The highest BCUT2D eigenvalue weighted by atomic mass is 16.5. The Bertz CT molecular complexity index is 363. The van der Waals surface area contributed by atoms with Crippen molar-refractivity contribution in [3.05, 3.63) is 29.8 Å². The Labute approximate surface area is 103 Å². The van der Waals surface area contributed by atoms with E-state index < -0.39 is 0 Å². The number of hydrogen-bond donors (Lipinski definition) is 0. The highest BCUT2D eigenvalue weighted by Crippen LogP contribution is 2.26. The van der Waals surface area contributed by atoms with Gasteiger partial charge in [-0.3, -0.25) is 4.79 Å². The average molecular weight is 232 g/mol. The molecule has 1 saturated carbocycles. The van der Waals surface area contributed by atoms with Gasteiger partial charge in [0.1, 0.15) is 11.5 Å². The van der Waals surface area contributed by atoms with Crippen LogP contribution in [0.4, 0.5) is 0 Å². The first-order chi connectivity index (χ1) is 8.28. The summed E-state index contributed by atoms with van der Waals surface area (Å²) in [5.41, 5.74) is 1.22. The number of ketones is 1. The predicted molar refractivity (Wildman–Crippen MR) is 68.3 cm³/mol. The molecule has 0 unspecified atom stereocenters. The summed E-state index contributed by atoms with van der Waals surface area (Å²) in [4.78, 5) is 11.4. The molecule has 0 radical (unpaired) electrons. The molecule has 92 valence electrons. The summed E-state index contributed by atoms with van der Waals surface area (Å²) < 4.78 is 5.68. The third-order valence-electron chi connectivity index (χ3n) is 2.97. The average Bonchev–Trinajstić information content (AvgIpc) is 3.13. The molecule has 1 aromatic rings. The van der Waals surface area contributed by atoms with Crippen LogP contribution in [0.5, 0.6) is 5.75 Å². The van der Waals surface area contributed by atoms with Crippen LogP contribution in [-0.4, -0.2) is 11.9 Å². The van der Waals surface area contributed by atoms with Crippen molar-refractivity contribution in [2.24, 2.45) is 0 Å². The van der Waals surface area contributed by atoms with E-state index in [0.29, 0.717) is 24.7 Å². The fourth-order valence-electron chi connectivity index (χ4n) is 1.80. The number of rotatable bonds is 7. The molecule has 1 fully saturated rings. The van der Waals surface area contributed by atoms with Crippen LogP contribution in [0.1, 0.15) is 44.6 Å². The van der Waals surface area contributed by atoms with Gasteiger partial charge in [0.05, 0.1) is 6.10 Å². The van der Waals surface area contributed by atoms with E-state index in [1.807, 2.05) is 19.1 Å². The Balaban J connectivity index is 1.78. The van der Waals surface area contributed by atoms with Crippen molar-refractivity contribution in [2.45, 2.75) is 51.6 Å². The fraction of sp³-hybridized carbons (Fsp3) is 0.533. The maximum absolute atomic E-state index is 11.4. The normalized spacial score (nSPS) is 14.6. The minimum Gasteiger partial charge on any atom is -0.490 e. The van der Waals surface area contributed by atoms with Crippen molar-refractivity contribution in [3.63, 3.8) is 0 Å². The quantitative estimate of drug-likeness (QED) is 0.719. The monoisotopic (exact) mass is 232 g/mol. The van der Waals surface area contributed by atoms with E-state index in [9.17, 15) is 4.79 Å². The number of aryl methyl sites for hydroxylation is 1. The Kier molecular flexibility index (Phi) is 4.18. The van der Waals surface area contributed by atoms with E-state index in [1.54, 1.807) is 0 Å². The topological polar surface area (TPSA) is 26.3 Å². The van der Waals surface area contributed by atoms with Gasteiger partial charge >= 0.3 is 0 Å². The van der Waals surface area contributed by atoms with Crippen molar-refractivity contribution in [3.8, 4) is 5.75 Å². The first-order valence-corrected chi connectivity index (χ1v) is 6.55. The first kappa shape index (κ1) is 12.2. The second-order valence-electron chi connectivity index (χ2n) is 4.75. The summed E-state index contributed by atoms with van der Waals surface area (Å²) >= 11 is 0. The lowest BCUT2D eigenvalue weighted by molar-refractivity contribution is -0.119. The molecule has 2 heteroatoms. The number of Topliss-reactive ketones (excluding diaryl/α,β-unsaturated/α-hetero) is 1. The molecule has 2 nitrogen and oxygen atoms in total. The van der Waals surface area contributed by atoms with E-state index in [2.05, 4.69) is 12.1 Å². The summed E-state index contributed by atoms with van der Waals surface area (Å²) in [6, 6.07) is 8.16. The Morgan fingerprint density at radius 1 is 1.24 bits per heavy atom. The second kappa shape index (κ2) is 5.85. The highest BCUT2D eigenvalue weighted by molar-refractivity contribution is 5.78. The number of carbonyl (C=O) groups is 1. The summed E-state index contributed by atoms with van der Waals surface area (Å²) in [5.74, 6) is 1.32. The van der Waals surface area contributed by atoms with Crippen LogP contribution in [0, 0.1) is 0 Å². The van der Waals surface area contributed by atoms with Crippen molar-refractivity contribution >= 4 is 5.78 Å². The molecule has 0 aromatic heterocycles. The van der Waals surface area contributed by atoms with Gasteiger partial charge in [0.2, 0.25) is 0 Å². The molecule has 0 N–H and O–H groups in total. The SMILES string of the molecule is CCCC(=O)CCc1ccc(OC2CC2)cc1. The second-order valence-corrected chi connectivity index (χ2v) is 4.75. The first-order valence-electron chi connectivity index (χ1n) is 6.55. The van der Waals surface area contributed by atoms with E-state index in [4.69, 9.17) is 4.74 Å². The Hall–Kier alpha value is -1.31. The van der Waals surface area contributed by atoms with E-state index in [-0.39, 0.29) is 0 Å². The van der Waals surface area contributed by atoms with Gasteiger partial charge in [-0.25, -0.2) is 0 Å². The van der Waals surface area contributed by atoms with Gasteiger partial charge in [-0.15, -0.1) is 0 Å². The number of hydrogen-bond acceptors (Lipinski definition) is 2. The minimum atomic E-state index is 0.366. The maximum Gasteiger partial charge on any atom is 0.133 e. The molecule has 0 bridgehead atoms. The summed E-state index contributed by atoms with van der Waals surface area (Å²) in [6.45, 7) is 2.04. The smallest absolute Gasteiger partial charge is 0.133 e. The standard InChI is InChI=1S/C15H20O2/c1-2-3-13(16)7-4-12-5-8-14(9-6-12)17-15-10-11-15/h5-6,8-9,15H,2-4,7,10-11H2,1H3. The molecule has 0 saturated heterocycles. The molecule has 1 aliphatic carbocycles. The molecular formula is C15H20O2. The zero-order valence-electron chi connectivity index (χ0n) is 10.4. The van der Waals surface area contributed by atoms with Crippen molar-refractivity contribution in [2.75, 3.05) is 0 Å². The largest absolute Gasteiger partial charge is 0.490 e. The third kappa shape index (κ3) is 4.22. The molecule has 0 aliphatic heterocycles. The van der Waals surface area contributed by atoms with Gasteiger partial charge in [-0.05, 0) is 43.4 Å². The molecule has 17 heavy (non-hydrogen) atoms. The highest BCUT2D eigenvalue weighted by Gasteiger charge is 2.23. The van der Waals surface area contributed by atoms with Gasteiger partial charge in [0, 0.05) is 12.8 Å². The van der Waals surface area contributed by atoms with E-state index in [1.165, 1.54) is 18.4 Å². The van der Waals surface area contributed by atoms with Crippen LogP contribution in [0.25, 0.3) is 0 Å². The van der Waals surface area contributed by atoms with Crippen LogP contribution in [-0.2, 0) is 11.2 Å². The Morgan fingerprint density at radius 3 is 2.53 bits per heavy atom. The molecular weight excluding hydrogens is 212 g/mol. The number of benzene rings is 1. The fourth-order valence-corrected chi connectivity index (χ4v) is 1.80. The predicted octanol–water partition coefficient (Wildman–Crippen LogP) is 3.53. The van der Waals surface area contributed by atoms with Gasteiger partial charge in [-0.1, -0.05) is 19.1 Å². The van der Waals surface area contributed by atoms with Gasteiger partial charge in [0.15, 0.2) is 0 Å².